The molecule has 0 spiro atoms. The molecule has 6 heteroatoms. The Labute approximate surface area is 126 Å². The van der Waals surface area contributed by atoms with Crippen LogP contribution in [0, 0.1) is 5.92 Å². The molecule has 1 aromatic heterocycles. The van der Waals surface area contributed by atoms with Gasteiger partial charge in [0.05, 0.1) is 23.2 Å². The zero-order valence-corrected chi connectivity index (χ0v) is 12.7. The van der Waals surface area contributed by atoms with Crippen LogP contribution in [0.2, 0.25) is 5.02 Å². The van der Waals surface area contributed by atoms with Gasteiger partial charge in [-0.1, -0.05) is 22.9 Å². The molecule has 4 nitrogen and oxygen atoms in total. The molecule has 3 rings (SSSR count). The molecular formula is C14H15ClN2O2S. The largest absolute Gasteiger partial charge is 0.469 e. The summed E-state index contributed by atoms with van der Waals surface area (Å²) in [6.07, 6.45) is 1.65. The van der Waals surface area contributed by atoms with E-state index in [1.807, 2.05) is 18.2 Å². The lowest BCUT2D eigenvalue weighted by Gasteiger charge is -2.30. The molecule has 0 N–H and O–H groups in total. The predicted molar refractivity (Wildman–Crippen MR) is 81.6 cm³/mol. The highest BCUT2D eigenvalue weighted by atomic mass is 35.5. The average molecular weight is 311 g/mol. The highest BCUT2D eigenvalue weighted by molar-refractivity contribution is 7.22. The molecule has 1 aromatic carbocycles. The molecule has 2 heterocycles. The van der Waals surface area contributed by atoms with Crippen LogP contribution in [0.4, 0.5) is 5.13 Å². The van der Waals surface area contributed by atoms with E-state index < -0.39 is 0 Å². The first-order valence-corrected chi connectivity index (χ1v) is 7.75. The summed E-state index contributed by atoms with van der Waals surface area (Å²) in [6.45, 7) is 1.68. The maximum Gasteiger partial charge on any atom is 0.308 e. The van der Waals surface area contributed by atoms with Gasteiger partial charge >= 0.3 is 5.97 Å². The number of esters is 1. The van der Waals surface area contributed by atoms with Crippen molar-refractivity contribution in [3.63, 3.8) is 0 Å². The van der Waals surface area contributed by atoms with Crippen molar-refractivity contribution < 1.29 is 9.53 Å². The third-order valence-corrected chi connectivity index (χ3v) is 4.95. The molecule has 1 saturated heterocycles. The number of benzene rings is 1. The fourth-order valence-corrected chi connectivity index (χ4v) is 3.79. The quantitative estimate of drug-likeness (QED) is 0.798. The van der Waals surface area contributed by atoms with Crippen molar-refractivity contribution in [3.05, 3.63) is 23.2 Å². The normalized spacial score (nSPS) is 16.6. The number of fused-ring (bicyclic) bond motifs is 1. The number of nitrogens with zero attached hydrogens (tertiary/aromatic N) is 2. The van der Waals surface area contributed by atoms with Gasteiger partial charge in [-0.05, 0) is 31.0 Å². The molecule has 0 saturated carbocycles. The van der Waals surface area contributed by atoms with Crippen LogP contribution in [-0.2, 0) is 9.53 Å². The zero-order chi connectivity index (χ0) is 14.1. The average Bonchev–Trinajstić information content (AvgIpc) is 2.89. The number of carbonyl (C=O) groups is 1. The number of thiazole rings is 1. The maximum atomic E-state index is 11.5. The number of ether oxygens (including phenoxy) is 1. The van der Waals surface area contributed by atoms with Gasteiger partial charge < -0.3 is 9.64 Å². The summed E-state index contributed by atoms with van der Waals surface area (Å²) in [5, 5.41) is 1.74. The van der Waals surface area contributed by atoms with E-state index in [9.17, 15) is 4.79 Å². The topological polar surface area (TPSA) is 42.4 Å². The Balaban J connectivity index is 1.75. The highest BCUT2D eigenvalue weighted by Gasteiger charge is 2.26. The summed E-state index contributed by atoms with van der Waals surface area (Å²) >= 11 is 7.65. The van der Waals surface area contributed by atoms with Crippen molar-refractivity contribution in [1.82, 2.24) is 4.98 Å². The summed E-state index contributed by atoms with van der Waals surface area (Å²) in [7, 11) is 1.45. The summed E-state index contributed by atoms with van der Waals surface area (Å²) in [5.41, 5.74) is 0.976. The summed E-state index contributed by atoms with van der Waals surface area (Å²) in [4.78, 5) is 18.4. The molecule has 2 aromatic rings. The van der Waals surface area contributed by atoms with Gasteiger partial charge in [0, 0.05) is 18.1 Å². The Morgan fingerprint density at radius 1 is 1.45 bits per heavy atom. The van der Waals surface area contributed by atoms with Crippen molar-refractivity contribution in [2.24, 2.45) is 5.92 Å². The number of methoxy groups -OCH3 is 1. The molecule has 0 amide bonds. The molecule has 106 valence electrons. The van der Waals surface area contributed by atoms with Crippen molar-refractivity contribution >= 4 is 44.3 Å². The van der Waals surface area contributed by atoms with Crippen molar-refractivity contribution in [2.45, 2.75) is 12.8 Å². The minimum absolute atomic E-state index is 0.0278. The Morgan fingerprint density at radius 2 is 2.20 bits per heavy atom. The van der Waals surface area contributed by atoms with Crippen molar-refractivity contribution in [1.29, 1.82) is 0 Å². The first-order chi connectivity index (χ1) is 9.67. The third-order valence-electron chi connectivity index (χ3n) is 3.64. The smallest absolute Gasteiger partial charge is 0.308 e. The van der Waals surface area contributed by atoms with E-state index in [4.69, 9.17) is 16.3 Å². The van der Waals surface area contributed by atoms with Crippen LogP contribution in [0.15, 0.2) is 18.2 Å². The molecule has 1 fully saturated rings. The lowest BCUT2D eigenvalue weighted by Crippen LogP contribution is -2.36. The standard InChI is InChI=1S/C14H15ClN2O2S/c1-19-13(18)9-4-6-17(7-5-9)14-16-11-3-2-10(15)8-12(11)20-14/h2-3,8-9H,4-7H2,1H3. The first-order valence-electron chi connectivity index (χ1n) is 6.56. The van der Waals surface area contributed by atoms with E-state index in [0.717, 1.165) is 46.3 Å². The van der Waals surface area contributed by atoms with Gasteiger partial charge in [-0.25, -0.2) is 4.98 Å². The van der Waals surface area contributed by atoms with Gasteiger partial charge in [-0.3, -0.25) is 4.79 Å². The number of carbonyl (C=O) groups excluding carboxylic acids is 1. The van der Waals surface area contributed by atoms with E-state index >= 15 is 0 Å². The van der Waals surface area contributed by atoms with E-state index in [1.165, 1.54) is 7.11 Å². The highest BCUT2D eigenvalue weighted by Crippen LogP contribution is 2.32. The van der Waals surface area contributed by atoms with E-state index in [1.54, 1.807) is 11.3 Å². The van der Waals surface area contributed by atoms with Crippen LogP contribution in [-0.4, -0.2) is 31.2 Å². The Hall–Kier alpha value is -1.33. The minimum atomic E-state index is -0.0965. The summed E-state index contributed by atoms with van der Waals surface area (Å²) in [6, 6.07) is 5.75. The van der Waals surface area contributed by atoms with Crippen molar-refractivity contribution in [2.75, 3.05) is 25.1 Å². The van der Waals surface area contributed by atoms with E-state index in [0.29, 0.717) is 0 Å². The molecule has 20 heavy (non-hydrogen) atoms. The molecule has 0 aliphatic carbocycles. The molecule has 0 radical (unpaired) electrons. The molecule has 0 atom stereocenters. The Kier molecular flexibility index (Phi) is 3.81. The number of halogens is 1. The Morgan fingerprint density at radius 3 is 2.90 bits per heavy atom. The van der Waals surface area contributed by atoms with Crippen LogP contribution in [0.1, 0.15) is 12.8 Å². The summed E-state index contributed by atoms with van der Waals surface area (Å²) < 4.78 is 5.91. The Bertz CT molecular complexity index is 635. The van der Waals surface area contributed by atoms with Crippen LogP contribution < -0.4 is 4.90 Å². The second kappa shape index (κ2) is 5.58. The predicted octanol–water partition coefficient (Wildman–Crippen LogP) is 3.34. The zero-order valence-electron chi connectivity index (χ0n) is 11.1. The van der Waals surface area contributed by atoms with Crippen molar-refractivity contribution in [3.8, 4) is 0 Å². The minimum Gasteiger partial charge on any atom is -0.469 e. The fraction of sp³-hybridized carbons (Fsp3) is 0.429. The third kappa shape index (κ3) is 2.60. The van der Waals surface area contributed by atoms with E-state index in [-0.39, 0.29) is 11.9 Å². The second-order valence-electron chi connectivity index (χ2n) is 4.89. The van der Waals surface area contributed by atoms with Gasteiger partial charge in [-0.15, -0.1) is 0 Å². The number of hydrogen-bond acceptors (Lipinski definition) is 5. The number of piperidine rings is 1. The van der Waals surface area contributed by atoms with Crippen LogP contribution >= 0.6 is 22.9 Å². The second-order valence-corrected chi connectivity index (χ2v) is 6.34. The van der Waals surface area contributed by atoms with Gasteiger partial charge in [0.15, 0.2) is 5.13 Å². The molecule has 1 aliphatic heterocycles. The van der Waals surface area contributed by atoms with E-state index in [2.05, 4.69) is 9.88 Å². The first kappa shape index (κ1) is 13.6. The van der Waals surface area contributed by atoms with Gasteiger partial charge in [0.1, 0.15) is 0 Å². The lowest BCUT2D eigenvalue weighted by atomic mass is 9.97. The fourth-order valence-electron chi connectivity index (χ4n) is 2.49. The van der Waals surface area contributed by atoms with Gasteiger partial charge in [-0.2, -0.15) is 0 Å². The molecular weight excluding hydrogens is 296 g/mol. The number of rotatable bonds is 2. The summed E-state index contributed by atoms with van der Waals surface area (Å²) in [5.74, 6) is -0.0687. The van der Waals surface area contributed by atoms with Crippen LogP contribution in [0.5, 0.6) is 0 Å². The molecule has 0 unspecified atom stereocenters. The van der Waals surface area contributed by atoms with Gasteiger partial charge in [0.25, 0.3) is 0 Å². The van der Waals surface area contributed by atoms with Crippen LogP contribution in [0.3, 0.4) is 0 Å². The number of anilines is 1. The number of aromatic nitrogens is 1. The molecule has 0 bridgehead atoms. The monoisotopic (exact) mass is 310 g/mol. The SMILES string of the molecule is COC(=O)C1CCN(c2nc3ccc(Cl)cc3s2)CC1. The van der Waals surface area contributed by atoms with Crippen LogP contribution in [0.25, 0.3) is 10.2 Å². The maximum absolute atomic E-state index is 11.5. The molecule has 1 aliphatic rings. The van der Waals surface area contributed by atoms with Gasteiger partial charge in [0.2, 0.25) is 0 Å². The lowest BCUT2D eigenvalue weighted by molar-refractivity contribution is -0.146. The number of hydrogen-bond donors (Lipinski definition) is 0.